The molecule has 1 N–H and O–H groups in total. The van der Waals surface area contributed by atoms with Gasteiger partial charge in [0.25, 0.3) is 10.0 Å². The van der Waals surface area contributed by atoms with Crippen LogP contribution >= 0.6 is 11.6 Å². The molecule has 0 saturated heterocycles. The summed E-state index contributed by atoms with van der Waals surface area (Å²) in [5.74, 6) is 0. The van der Waals surface area contributed by atoms with E-state index in [9.17, 15) is 13.2 Å². The Labute approximate surface area is 130 Å². The van der Waals surface area contributed by atoms with Crippen LogP contribution in [0.3, 0.4) is 0 Å². The normalized spacial score (nSPS) is 11.2. The molecule has 2 amide bonds. The molecule has 0 saturated carbocycles. The van der Waals surface area contributed by atoms with Gasteiger partial charge in [-0.1, -0.05) is 18.5 Å². The maximum absolute atomic E-state index is 12.5. The van der Waals surface area contributed by atoms with Crippen molar-refractivity contribution >= 4 is 27.7 Å². The van der Waals surface area contributed by atoms with E-state index in [0.717, 1.165) is 4.31 Å². The molecule has 0 fully saturated rings. The summed E-state index contributed by atoms with van der Waals surface area (Å²) in [6.45, 7) is 2.34. The highest BCUT2D eigenvalue weighted by molar-refractivity contribution is 7.89. The third-order valence-electron chi connectivity index (χ3n) is 2.65. The highest BCUT2D eigenvalue weighted by Crippen LogP contribution is 2.18. The van der Waals surface area contributed by atoms with E-state index in [-0.39, 0.29) is 18.0 Å². The number of amides is 2. The minimum atomic E-state index is -3.94. The van der Waals surface area contributed by atoms with Crippen LogP contribution in [0.4, 0.5) is 4.79 Å². The van der Waals surface area contributed by atoms with Gasteiger partial charge in [-0.2, -0.15) is 0 Å². The number of hydrogen-bond acceptors (Lipinski definition) is 4. The van der Waals surface area contributed by atoms with E-state index in [1.165, 1.54) is 31.4 Å². The molecule has 0 unspecified atom stereocenters. The van der Waals surface area contributed by atoms with Crippen molar-refractivity contribution in [3.63, 3.8) is 0 Å². The number of nitrogens with zero attached hydrogens (tertiary/aromatic N) is 1. The van der Waals surface area contributed by atoms with Crippen molar-refractivity contribution in [2.45, 2.75) is 18.2 Å². The topological polar surface area (TPSA) is 75.7 Å². The predicted octanol–water partition coefficient (Wildman–Crippen LogP) is 2.10. The number of urea groups is 1. The first-order valence-electron chi connectivity index (χ1n) is 6.48. The minimum Gasteiger partial charge on any atom is -0.383 e. The third kappa shape index (κ3) is 4.87. The first-order valence-corrected chi connectivity index (χ1v) is 8.30. The van der Waals surface area contributed by atoms with Crippen LogP contribution in [-0.2, 0) is 14.8 Å². The monoisotopic (exact) mass is 334 g/mol. The number of sulfonamides is 1. The van der Waals surface area contributed by atoms with Gasteiger partial charge in [-0.05, 0) is 30.7 Å². The molecule has 1 aromatic rings. The highest BCUT2D eigenvalue weighted by atomic mass is 35.5. The standard InChI is InChI=1S/C13H19ClN2O4S/c1-3-8-15-13(17)16(9-10-20-2)21(18,19)12-6-4-11(14)5-7-12/h4-7H,3,8-10H2,1-2H3,(H,15,17). The van der Waals surface area contributed by atoms with Crippen molar-refractivity contribution < 1.29 is 17.9 Å². The van der Waals surface area contributed by atoms with Gasteiger partial charge in [-0.15, -0.1) is 0 Å². The fourth-order valence-electron chi connectivity index (χ4n) is 1.56. The van der Waals surface area contributed by atoms with Crippen LogP contribution in [0.2, 0.25) is 5.02 Å². The Bertz CT molecular complexity index is 560. The van der Waals surface area contributed by atoms with Crippen LogP contribution in [0.25, 0.3) is 0 Å². The van der Waals surface area contributed by atoms with Crippen molar-refractivity contribution in [2.75, 3.05) is 26.8 Å². The van der Waals surface area contributed by atoms with E-state index in [4.69, 9.17) is 16.3 Å². The number of ether oxygens (including phenoxy) is 1. The molecule has 0 aromatic heterocycles. The zero-order valence-corrected chi connectivity index (χ0v) is 13.6. The summed E-state index contributed by atoms with van der Waals surface area (Å²) >= 11 is 5.75. The van der Waals surface area contributed by atoms with Crippen molar-refractivity contribution in [1.29, 1.82) is 0 Å². The summed E-state index contributed by atoms with van der Waals surface area (Å²) in [6, 6.07) is 5.00. The van der Waals surface area contributed by atoms with Gasteiger partial charge in [-0.25, -0.2) is 17.5 Å². The molecule has 1 aromatic carbocycles. The summed E-state index contributed by atoms with van der Waals surface area (Å²) in [5.41, 5.74) is 0. The van der Waals surface area contributed by atoms with E-state index in [0.29, 0.717) is 18.0 Å². The molecular formula is C13H19ClN2O4S. The zero-order chi connectivity index (χ0) is 15.9. The van der Waals surface area contributed by atoms with Crippen LogP contribution in [0, 0.1) is 0 Å². The zero-order valence-electron chi connectivity index (χ0n) is 12.0. The molecule has 0 aliphatic rings. The van der Waals surface area contributed by atoms with Gasteiger partial charge in [0.15, 0.2) is 0 Å². The van der Waals surface area contributed by atoms with Crippen LogP contribution in [0.15, 0.2) is 29.2 Å². The Balaban J connectivity index is 3.04. The fraction of sp³-hybridized carbons (Fsp3) is 0.462. The third-order valence-corrected chi connectivity index (χ3v) is 4.70. The summed E-state index contributed by atoms with van der Waals surface area (Å²) in [4.78, 5) is 12.1. The predicted molar refractivity (Wildman–Crippen MR) is 80.9 cm³/mol. The smallest absolute Gasteiger partial charge is 0.331 e. The lowest BCUT2D eigenvalue weighted by atomic mass is 10.4. The molecule has 118 valence electrons. The number of nitrogens with one attached hydrogen (secondary N) is 1. The lowest BCUT2D eigenvalue weighted by molar-refractivity contribution is 0.175. The van der Waals surface area contributed by atoms with E-state index in [1.807, 2.05) is 6.92 Å². The molecule has 0 aliphatic carbocycles. The molecule has 0 heterocycles. The van der Waals surface area contributed by atoms with E-state index in [1.54, 1.807) is 0 Å². The molecule has 6 nitrogen and oxygen atoms in total. The number of hydrogen-bond donors (Lipinski definition) is 1. The second kappa shape index (κ2) is 8.21. The molecule has 8 heteroatoms. The second-order valence-electron chi connectivity index (χ2n) is 4.26. The highest BCUT2D eigenvalue weighted by Gasteiger charge is 2.28. The Morgan fingerprint density at radius 3 is 2.48 bits per heavy atom. The van der Waals surface area contributed by atoms with Gasteiger partial charge in [0.2, 0.25) is 0 Å². The molecule has 0 spiro atoms. The molecule has 0 radical (unpaired) electrons. The molecule has 0 bridgehead atoms. The molecule has 0 aliphatic heterocycles. The summed E-state index contributed by atoms with van der Waals surface area (Å²) in [5, 5.41) is 2.98. The number of carbonyl (C=O) groups is 1. The number of halogens is 1. The SMILES string of the molecule is CCCNC(=O)N(CCOC)S(=O)(=O)c1ccc(Cl)cc1. The van der Waals surface area contributed by atoms with Crippen molar-refractivity contribution in [2.24, 2.45) is 0 Å². The summed E-state index contributed by atoms with van der Waals surface area (Å²) in [7, 11) is -2.50. The Kier molecular flexibility index (Phi) is 6.94. The van der Waals surface area contributed by atoms with Crippen LogP contribution in [0.1, 0.15) is 13.3 Å². The Morgan fingerprint density at radius 1 is 1.33 bits per heavy atom. The van der Waals surface area contributed by atoms with Crippen molar-refractivity contribution in [3.8, 4) is 0 Å². The molecular weight excluding hydrogens is 316 g/mol. The van der Waals surface area contributed by atoms with Gasteiger partial charge in [0.05, 0.1) is 18.0 Å². The van der Waals surface area contributed by atoms with Gasteiger partial charge in [0.1, 0.15) is 0 Å². The number of methoxy groups -OCH3 is 1. The van der Waals surface area contributed by atoms with Crippen molar-refractivity contribution in [3.05, 3.63) is 29.3 Å². The van der Waals surface area contributed by atoms with E-state index in [2.05, 4.69) is 5.32 Å². The van der Waals surface area contributed by atoms with Crippen molar-refractivity contribution in [1.82, 2.24) is 9.62 Å². The van der Waals surface area contributed by atoms with Gasteiger partial charge in [-0.3, -0.25) is 0 Å². The molecule has 1 rings (SSSR count). The quantitative estimate of drug-likeness (QED) is 0.828. The van der Waals surface area contributed by atoms with Crippen LogP contribution < -0.4 is 5.32 Å². The Hall–Kier alpha value is -1.31. The first kappa shape index (κ1) is 17.7. The lowest BCUT2D eigenvalue weighted by Gasteiger charge is -2.22. The summed E-state index contributed by atoms with van der Waals surface area (Å²) in [6.07, 6.45) is 0.713. The average Bonchev–Trinajstić information content (AvgIpc) is 2.45. The molecule has 21 heavy (non-hydrogen) atoms. The lowest BCUT2D eigenvalue weighted by Crippen LogP contribution is -2.45. The minimum absolute atomic E-state index is 0.00894. The molecule has 0 atom stereocenters. The maximum Gasteiger partial charge on any atom is 0.331 e. The van der Waals surface area contributed by atoms with Gasteiger partial charge < -0.3 is 10.1 Å². The first-order chi connectivity index (χ1) is 9.93. The maximum atomic E-state index is 12.5. The summed E-state index contributed by atoms with van der Waals surface area (Å²) < 4.78 is 30.7. The number of rotatable bonds is 7. The average molecular weight is 335 g/mol. The van der Waals surface area contributed by atoms with E-state index < -0.39 is 16.1 Å². The van der Waals surface area contributed by atoms with Gasteiger partial charge in [0, 0.05) is 18.7 Å². The fourth-order valence-corrected chi connectivity index (χ4v) is 3.02. The van der Waals surface area contributed by atoms with E-state index >= 15 is 0 Å². The largest absolute Gasteiger partial charge is 0.383 e. The van der Waals surface area contributed by atoms with Crippen LogP contribution in [-0.4, -0.2) is 45.6 Å². The number of carbonyl (C=O) groups excluding carboxylic acids is 1. The second-order valence-corrected chi connectivity index (χ2v) is 6.55. The van der Waals surface area contributed by atoms with Gasteiger partial charge >= 0.3 is 6.03 Å². The number of benzene rings is 1. The van der Waals surface area contributed by atoms with Crippen LogP contribution in [0.5, 0.6) is 0 Å². The Morgan fingerprint density at radius 2 is 1.95 bits per heavy atom.